The van der Waals surface area contributed by atoms with Gasteiger partial charge in [-0.2, -0.15) is 0 Å². The van der Waals surface area contributed by atoms with E-state index in [1.807, 2.05) is 6.92 Å². The molecule has 6 heteroatoms. The summed E-state index contributed by atoms with van der Waals surface area (Å²) in [4.78, 5) is 23.4. The number of piperazine rings is 1. The minimum absolute atomic E-state index is 0.0743. The summed E-state index contributed by atoms with van der Waals surface area (Å²) in [5, 5.41) is 7.01. The Labute approximate surface area is 87.0 Å². The molecule has 0 aliphatic carbocycles. The third-order valence-corrected chi connectivity index (χ3v) is 2.96. The maximum Gasteiger partial charge on any atom is 0.242 e. The lowest BCUT2D eigenvalue weighted by Crippen LogP contribution is -2.57. The third kappa shape index (κ3) is 1.18. The highest BCUT2D eigenvalue weighted by Crippen LogP contribution is 2.26. The zero-order valence-electron chi connectivity index (χ0n) is 8.43. The van der Waals surface area contributed by atoms with Gasteiger partial charge in [0.15, 0.2) is 0 Å². The fraction of sp³-hybridized carbons (Fsp3) is 0.667. The monoisotopic (exact) mass is 208 g/mol. The lowest BCUT2D eigenvalue weighted by Gasteiger charge is -2.35. The molecule has 15 heavy (non-hydrogen) atoms. The molecule has 2 atom stereocenters. The number of nitrogens with zero attached hydrogens (tertiary/aromatic N) is 3. The third-order valence-electron chi connectivity index (χ3n) is 2.96. The summed E-state index contributed by atoms with van der Waals surface area (Å²) in [6.07, 6.45) is -0.427. The first-order valence-electron chi connectivity index (χ1n) is 5.06. The largest absolute Gasteiger partial charge is 0.367 e. The van der Waals surface area contributed by atoms with Crippen LogP contribution < -0.4 is 5.32 Å². The van der Waals surface area contributed by atoms with E-state index < -0.39 is 6.23 Å². The number of amides is 1. The number of amidine groups is 1. The fourth-order valence-corrected chi connectivity index (χ4v) is 2.14. The Hall–Kier alpha value is -1.43. The van der Waals surface area contributed by atoms with E-state index in [4.69, 9.17) is 4.84 Å². The van der Waals surface area contributed by atoms with Gasteiger partial charge in [-0.25, -0.2) is 4.99 Å². The van der Waals surface area contributed by atoms with Crippen LogP contribution in [0.25, 0.3) is 0 Å². The van der Waals surface area contributed by atoms with Crippen molar-refractivity contribution in [2.75, 3.05) is 19.6 Å². The van der Waals surface area contributed by atoms with Gasteiger partial charge < -0.3 is 10.2 Å². The van der Waals surface area contributed by atoms with Crippen molar-refractivity contribution in [2.24, 2.45) is 16.1 Å². The summed E-state index contributed by atoms with van der Waals surface area (Å²) in [7, 11) is 0. The molecule has 1 fully saturated rings. The predicted molar refractivity (Wildman–Crippen MR) is 53.5 cm³/mol. The van der Waals surface area contributed by atoms with Gasteiger partial charge in [0.05, 0.1) is 12.3 Å². The first-order valence-corrected chi connectivity index (χ1v) is 5.06. The van der Waals surface area contributed by atoms with E-state index >= 15 is 0 Å². The molecule has 0 bridgehead atoms. The number of hydrogen-bond acceptors (Lipinski definition) is 5. The van der Waals surface area contributed by atoms with E-state index in [0.29, 0.717) is 13.1 Å². The van der Waals surface area contributed by atoms with Crippen molar-refractivity contribution in [3.63, 3.8) is 0 Å². The second-order valence-electron chi connectivity index (χ2n) is 3.92. The SMILES string of the molecule is CC1=NOC2N=C3CNCCN3C(=O)C12. The molecule has 3 rings (SSSR count). The maximum absolute atomic E-state index is 12.1. The number of oxime groups is 1. The second kappa shape index (κ2) is 3.03. The molecule has 80 valence electrons. The molecule has 3 heterocycles. The Morgan fingerprint density at radius 2 is 2.47 bits per heavy atom. The van der Waals surface area contributed by atoms with E-state index in [1.165, 1.54) is 0 Å². The number of fused-ring (bicyclic) bond motifs is 2. The molecule has 1 N–H and O–H groups in total. The van der Waals surface area contributed by atoms with Crippen LogP contribution in [0, 0.1) is 5.92 Å². The van der Waals surface area contributed by atoms with Crippen LogP contribution in [-0.4, -0.2) is 48.2 Å². The van der Waals surface area contributed by atoms with Gasteiger partial charge >= 0.3 is 0 Å². The van der Waals surface area contributed by atoms with Crippen LogP contribution >= 0.6 is 0 Å². The molecular weight excluding hydrogens is 196 g/mol. The fourth-order valence-electron chi connectivity index (χ4n) is 2.14. The van der Waals surface area contributed by atoms with E-state index in [1.54, 1.807) is 4.90 Å². The summed E-state index contributed by atoms with van der Waals surface area (Å²) in [5.74, 6) is 0.550. The first kappa shape index (κ1) is 8.84. The minimum atomic E-state index is -0.427. The second-order valence-corrected chi connectivity index (χ2v) is 3.92. The average Bonchev–Trinajstić information content (AvgIpc) is 2.61. The molecular formula is C9H12N4O2. The number of aliphatic imine (C=N–C) groups is 1. The topological polar surface area (TPSA) is 66.3 Å². The lowest BCUT2D eigenvalue weighted by molar-refractivity contribution is -0.133. The van der Waals surface area contributed by atoms with E-state index in [9.17, 15) is 4.79 Å². The van der Waals surface area contributed by atoms with Crippen molar-refractivity contribution < 1.29 is 9.63 Å². The normalized spacial score (nSPS) is 33.9. The van der Waals surface area contributed by atoms with Crippen LogP contribution in [-0.2, 0) is 9.63 Å². The van der Waals surface area contributed by atoms with Crippen molar-refractivity contribution in [1.29, 1.82) is 0 Å². The summed E-state index contributed by atoms with van der Waals surface area (Å²) in [6.45, 7) is 3.95. The van der Waals surface area contributed by atoms with Gasteiger partial charge in [-0.15, -0.1) is 0 Å². The van der Waals surface area contributed by atoms with Crippen molar-refractivity contribution in [1.82, 2.24) is 10.2 Å². The first-order chi connectivity index (χ1) is 7.27. The van der Waals surface area contributed by atoms with Crippen LogP contribution in [0.1, 0.15) is 6.92 Å². The van der Waals surface area contributed by atoms with Crippen LogP contribution in [0.5, 0.6) is 0 Å². The Bertz CT molecular complexity index is 376. The highest BCUT2D eigenvalue weighted by atomic mass is 16.7. The molecule has 1 amide bonds. The van der Waals surface area contributed by atoms with Gasteiger partial charge in [0, 0.05) is 13.1 Å². The summed E-state index contributed by atoms with van der Waals surface area (Å²) in [5.41, 5.74) is 0.728. The van der Waals surface area contributed by atoms with Gasteiger partial charge in [-0.05, 0) is 6.92 Å². The van der Waals surface area contributed by atoms with Crippen LogP contribution in [0.15, 0.2) is 10.1 Å². The lowest BCUT2D eigenvalue weighted by atomic mass is 9.99. The molecule has 0 saturated carbocycles. The Balaban J connectivity index is 1.97. The van der Waals surface area contributed by atoms with Crippen molar-refractivity contribution >= 4 is 17.5 Å². The summed E-state index contributed by atoms with van der Waals surface area (Å²) >= 11 is 0. The molecule has 6 nitrogen and oxygen atoms in total. The van der Waals surface area contributed by atoms with Gasteiger partial charge in [0.2, 0.25) is 12.1 Å². The van der Waals surface area contributed by atoms with Gasteiger partial charge in [-0.3, -0.25) is 9.69 Å². The van der Waals surface area contributed by atoms with Crippen LogP contribution in [0.4, 0.5) is 0 Å². The average molecular weight is 208 g/mol. The zero-order chi connectivity index (χ0) is 10.4. The van der Waals surface area contributed by atoms with Gasteiger partial charge in [0.1, 0.15) is 11.8 Å². The number of carbonyl (C=O) groups is 1. The van der Waals surface area contributed by atoms with Gasteiger partial charge in [-0.1, -0.05) is 5.16 Å². The highest BCUT2D eigenvalue weighted by Gasteiger charge is 2.45. The summed E-state index contributed by atoms with van der Waals surface area (Å²) in [6, 6.07) is 0. The Kier molecular flexibility index (Phi) is 1.79. The number of rotatable bonds is 0. The molecule has 2 unspecified atom stereocenters. The van der Waals surface area contributed by atoms with Crippen molar-refractivity contribution in [3.05, 3.63) is 0 Å². The van der Waals surface area contributed by atoms with Crippen molar-refractivity contribution in [2.45, 2.75) is 13.2 Å². The van der Waals surface area contributed by atoms with E-state index in [2.05, 4.69) is 15.5 Å². The smallest absolute Gasteiger partial charge is 0.242 e. The molecule has 1 saturated heterocycles. The maximum atomic E-state index is 12.1. The molecule has 0 spiro atoms. The summed E-state index contributed by atoms with van der Waals surface area (Å²) < 4.78 is 0. The van der Waals surface area contributed by atoms with Crippen molar-refractivity contribution in [3.8, 4) is 0 Å². The van der Waals surface area contributed by atoms with Gasteiger partial charge in [0.25, 0.3) is 0 Å². The standard InChI is InChI=1S/C9H12N4O2/c1-5-7-8(15-12-5)11-6-4-10-2-3-13(6)9(7)14/h7-8,10H,2-4H2,1H3. The molecule has 0 aromatic heterocycles. The highest BCUT2D eigenvalue weighted by molar-refractivity contribution is 6.12. The zero-order valence-corrected chi connectivity index (χ0v) is 8.43. The predicted octanol–water partition coefficient (Wildman–Crippen LogP) is -0.821. The number of nitrogens with one attached hydrogen (secondary N) is 1. The van der Waals surface area contributed by atoms with Crippen LogP contribution in [0.3, 0.4) is 0 Å². The van der Waals surface area contributed by atoms with E-state index in [0.717, 1.165) is 18.1 Å². The quantitative estimate of drug-likeness (QED) is 0.565. The molecule has 0 aromatic rings. The van der Waals surface area contributed by atoms with Crippen LogP contribution in [0.2, 0.25) is 0 Å². The van der Waals surface area contributed by atoms with E-state index in [-0.39, 0.29) is 11.8 Å². The minimum Gasteiger partial charge on any atom is -0.367 e. The Morgan fingerprint density at radius 3 is 3.33 bits per heavy atom. The molecule has 3 aliphatic heterocycles. The molecule has 0 aromatic carbocycles. The number of carbonyl (C=O) groups excluding carboxylic acids is 1. The molecule has 3 aliphatic rings. The Morgan fingerprint density at radius 1 is 1.60 bits per heavy atom. The number of hydrogen-bond donors (Lipinski definition) is 1. The molecule has 0 radical (unpaired) electrons.